The van der Waals surface area contributed by atoms with Gasteiger partial charge < -0.3 is 19.5 Å². The maximum Gasteiger partial charge on any atom is 0.255 e. The second kappa shape index (κ2) is 8.58. The lowest BCUT2D eigenvalue weighted by molar-refractivity contribution is 0.102. The largest absolute Gasteiger partial charge is 0.493 e. The first-order valence-electron chi connectivity index (χ1n) is 9.99. The summed E-state index contributed by atoms with van der Waals surface area (Å²) in [5.74, 6) is 0.925. The van der Waals surface area contributed by atoms with Crippen molar-refractivity contribution in [3.05, 3.63) is 65.2 Å². The second-order valence-electron chi connectivity index (χ2n) is 7.33. The molecule has 0 aliphatic carbocycles. The molecule has 4 aromatic rings. The van der Waals surface area contributed by atoms with E-state index in [0.717, 1.165) is 11.2 Å². The van der Waals surface area contributed by atoms with E-state index in [0.29, 0.717) is 34.0 Å². The lowest BCUT2D eigenvalue weighted by Crippen LogP contribution is -2.12. The molecule has 0 saturated carbocycles. The van der Waals surface area contributed by atoms with Crippen LogP contribution in [0.2, 0.25) is 0 Å². The highest BCUT2D eigenvalue weighted by molar-refractivity contribution is 6.05. The number of nitrogens with one attached hydrogen (secondary N) is 1. The summed E-state index contributed by atoms with van der Waals surface area (Å²) in [4.78, 5) is 14.5. The number of aromatic nitrogens is 3. The number of benzene rings is 3. The number of nitrogens with zero attached hydrogens (tertiary/aromatic N) is 3. The maximum absolute atomic E-state index is 12.9. The van der Waals surface area contributed by atoms with E-state index >= 15 is 0 Å². The van der Waals surface area contributed by atoms with E-state index in [4.69, 9.17) is 14.2 Å². The number of anilines is 1. The Labute approximate surface area is 185 Å². The molecule has 0 unspecified atom stereocenters. The number of hydrogen-bond acceptors (Lipinski definition) is 6. The Morgan fingerprint density at radius 3 is 2.12 bits per heavy atom. The number of fused-ring (bicyclic) bond motifs is 1. The fourth-order valence-corrected chi connectivity index (χ4v) is 3.37. The average molecular weight is 432 g/mol. The Morgan fingerprint density at radius 1 is 0.812 bits per heavy atom. The van der Waals surface area contributed by atoms with Gasteiger partial charge in [0.15, 0.2) is 11.5 Å². The summed E-state index contributed by atoms with van der Waals surface area (Å²) >= 11 is 0. The number of aryl methyl sites for hydroxylation is 2. The zero-order valence-corrected chi connectivity index (χ0v) is 18.6. The molecule has 0 atom stereocenters. The molecule has 8 heteroatoms. The lowest BCUT2D eigenvalue weighted by Gasteiger charge is -2.14. The smallest absolute Gasteiger partial charge is 0.255 e. The molecule has 3 aromatic carbocycles. The molecule has 164 valence electrons. The van der Waals surface area contributed by atoms with Crippen molar-refractivity contribution in [1.82, 2.24) is 15.0 Å². The Bertz CT molecular complexity index is 1290. The first kappa shape index (κ1) is 21.2. The van der Waals surface area contributed by atoms with Gasteiger partial charge in [-0.05, 0) is 67.4 Å². The minimum Gasteiger partial charge on any atom is -0.493 e. The van der Waals surface area contributed by atoms with Crippen LogP contribution < -0.4 is 19.5 Å². The van der Waals surface area contributed by atoms with Crippen molar-refractivity contribution in [2.45, 2.75) is 13.8 Å². The third kappa shape index (κ3) is 3.94. The molecule has 0 saturated heterocycles. The van der Waals surface area contributed by atoms with Gasteiger partial charge in [-0.15, -0.1) is 10.2 Å². The van der Waals surface area contributed by atoms with Crippen molar-refractivity contribution in [2.75, 3.05) is 26.6 Å². The van der Waals surface area contributed by atoms with E-state index in [9.17, 15) is 4.79 Å². The lowest BCUT2D eigenvalue weighted by atomic mass is 10.1. The highest BCUT2D eigenvalue weighted by Crippen LogP contribution is 2.38. The zero-order chi connectivity index (χ0) is 22.8. The van der Waals surface area contributed by atoms with Gasteiger partial charge >= 0.3 is 0 Å². The molecular weight excluding hydrogens is 408 g/mol. The van der Waals surface area contributed by atoms with Crippen LogP contribution in [-0.2, 0) is 0 Å². The van der Waals surface area contributed by atoms with Crippen molar-refractivity contribution < 1.29 is 19.0 Å². The van der Waals surface area contributed by atoms with Crippen LogP contribution in [0.25, 0.3) is 16.7 Å². The number of ether oxygens (including phenoxy) is 3. The van der Waals surface area contributed by atoms with Gasteiger partial charge in [0.1, 0.15) is 11.0 Å². The normalized spacial score (nSPS) is 10.8. The first-order chi connectivity index (χ1) is 15.4. The van der Waals surface area contributed by atoms with Gasteiger partial charge in [-0.1, -0.05) is 6.07 Å². The Hall–Kier alpha value is -4.07. The molecule has 0 spiro atoms. The SMILES string of the molecule is COc1cc(C(=O)Nc2ccc3nn(-c4ccc(C)c(C)c4)nc3c2)cc(OC)c1OC. The van der Waals surface area contributed by atoms with E-state index in [-0.39, 0.29) is 5.91 Å². The van der Waals surface area contributed by atoms with Crippen LogP contribution in [0.1, 0.15) is 21.5 Å². The van der Waals surface area contributed by atoms with Crippen LogP contribution in [0.5, 0.6) is 17.2 Å². The number of amides is 1. The summed E-state index contributed by atoms with van der Waals surface area (Å²) in [5.41, 5.74) is 5.64. The van der Waals surface area contributed by atoms with E-state index in [1.54, 1.807) is 29.1 Å². The zero-order valence-electron chi connectivity index (χ0n) is 18.6. The Balaban J connectivity index is 1.62. The molecular formula is C24H24N4O4. The van der Waals surface area contributed by atoms with Crippen molar-refractivity contribution >= 4 is 22.6 Å². The minimum atomic E-state index is -0.315. The van der Waals surface area contributed by atoms with Gasteiger partial charge in [-0.2, -0.15) is 4.80 Å². The number of carbonyl (C=O) groups excluding carboxylic acids is 1. The van der Waals surface area contributed by atoms with E-state index in [2.05, 4.69) is 29.4 Å². The minimum absolute atomic E-state index is 0.315. The molecule has 0 aliphatic rings. The molecule has 4 rings (SSSR count). The van der Waals surface area contributed by atoms with E-state index < -0.39 is 0 Å². The molecule has 0 radical (unpaired) electrons. The van der Waals surface area contributed by atoms with Crippen molar-refractivity contribution in [1.29, 1.82) is 0 Å². The van der Waals surface area contributed by atoms with Crippen LogP contribution in [0.15, 0.2) is 48.5 Å². The van der Waals surface area contributed by atoms with Crippen molar-refractivity contribution in [2.24, 2.45) is 0 Å². The molecule has 1 amide bonds. The number of hydrogen-bond donors (Lipinski definition) is 1. The van der Waals surface area contributed by atoms with Crippen LogP contribution in [0, 0.1) is 13.8 Å². The summed E-state index contributed by atoms with van der Waals surface area (Å²) in [7, 11) is 4.53. The van der Waals surface area contributed by atoms with Gasteiger partial charge in [0.05, 0.1) is 27.0 Å². The molecule has 0 fully saturated rings. The maximum atomic E-state index is 12.9. The first-order valence-corrected chi connectivity index (χ1v) is 9.99. The van der Waals surface area contributed by atoms with Gasteiger partial charge in [0.2, 0.25) is 5.75 Å². The van der Waals surface area contributed by atoms with Gasteiger partial charge in [0.25, 0.3) is 5.91 Å². The summed E-state index contributed by atoms with van der Waals surface area (Å²) in [6.45, 7) is 4.12. The number of carbonyl (C=O) groups is 1. The third-order valence-corrected chi connectivity index (χ3v) is 5.29. The van der Waals surface area contributed by atoms with Crippen LogP contribution in [0.4, 0.5) is 5.69 Å². The van der Waals surface area contributed by atoms with Gasteiger partial charge in [0, 0.05) is 11.3 Å². The Morgan fingerprint density at radius 2 is 1.50 bits per heavy atom. The standard InChI is InChI=1S/C24H24N4O4/c1-14-6-8-18(10-15(14)2)28-26-19-9-7-17(13-20(19)27-28)25-24(29)16-11-21(30-3)23(32-5)22(12-16)31-4/h6-13H,1-5H3,(H,25,29). The highest BCUT2D eigenvalue weighted by atomic mass is 16.5. The summed E-state index contributed by atoms with van der Waals surface area (Å²) in [5, 5.41) is 12.0. The fourth-order valence-electron chi connectivity index (χ4n) is 3.37. The highest BCUT2D eigenvalue weighted by Gasteiger charge is 2.17. The van der Waals surface area contributed by atoms with Crippen LogP contribution in [-0.4, -0.2) is 42.2 Å². The molecule has 32 heavy (non-hydrogen) atoms. The quantitative estimate of drug-likeness (QED) is 0.488. The molecule has 0 bridgehead atoms. The van der Waals surface area contributed by atoms with E-state index in [1.165, 1.54) is 32.5 Å². The average Bonchev–Trinajstić information content (AvgIpc) is 3.23. The monoisotopic (exact) mass is 432 g/mol. The molecule has 1 aromatic heterocycles. The van der Waals surface area contributed by atoms with Gasteiger partial charge in [-0.3, -0.25) is 4.79 Å². The number of rotatable bonds is 6. The number of methoxy groups -OCH3 is 3. The van der Waals surface area contributed by atoms with Gasteiger partial charge in [-0.25, -0.2) is 0 Å². The molecule has 8 nitrogen and oxygen atoms in total. The topological polar surface area (TPSA) is 87.5 Å². The summed E-state index contributed by atoms with van der Waals surface area (Å²) < 4.78 is 16.0. The molecule has 0 aliphatic heterocycles. The molecule has 1 N–H and O–H groups in total. The van der Waals surface area contributed by atoms with Crippen molar-refractivity contribution in [3.8, 4) is 22.9 Å². The molecule has 1 heterocycles. The van der Waals surface area contributed by atoms with Crippen LogP contribution in [0.3, 0.4) is 0 Å². The summed E-state index contributed by atoms with van der Waals surface area (Å²) in [6, 6.07) is 14.7. The second-order valence-corrected chi connectivity index (χ2v) is 7.33. The third-order valence-electron chi connectivity index (χ3n) is 5.29. The van der Waals surface area contributed by atoms with Crippen LogP contribution >= 0.6 is 0 Å². The predicted octanol–water partition coefficient (Wildman–Crippen LogP) is 4.32. The van der Waals surface area contributed by atoms with E-state index in [1.807, 2.05) is 24.3 Å². The Kier molecular flexibility index (Phi) is 5.68. The fraction of sp³-hybridized carbons (Fsp3) is 0.208. The summed E-state index contributed by atoms with van der Waals surface area (Å²) in [6.07, 6.45) is 0. The predicted molar refractivity (Wildman–Crippen MR) is 122 cm³/mol. The van der Waals surface area contributed by atoms with Crippen molar-refractivity contribution in [3.63, 3.8) is 0 Å².